The van der Waals surface area contributed by atoms with Crippen LogP contribution in [0.25, 0.3) is 0 Å². The zero-order valence-corrected chi connectivity index (χ0v) is 18.0. The van der Waals surface area contributed by atoms with Gasteiger partial charge in [0.05, 0.1) is 19.8 Å². The van der Waals surface area contributed by atoms with Crippen LogP contribution in [0.2, 0.25) is 0 Å². The molecule has 7 N–H and O–H groups in total. The van der Waals surface area contributed by atoms with Gasteiger partial charge in [0.2, 0.25) is 12.0 Å². The molecule has 1 saturated heterocycles. The number of methoxy groups -OCH3 is 2. The first kappa shape index (κ1) is 25.0. The van der Waals surface area contributed by atoms with Gasteiger partial charge in [-0.25, -0.2) is 4.79 Å². The summed E-state index contributed by atoms with van der Waals surface area (Å²) in [6.45, 7) is -0.622. The number of carbonyl (C=O) groups is 1. The van der Waals surface area contributed by atoms with Crippen LogP contribution in [0.1, 0.15) is 10.4 Å². The van der Waals surface area contributed by atoms with Crippen molar-refractivity contribution in [2.45, 2.75) is 30.7 Å². The number of aliphatic hydroxyl groups is 3. The molecule has 0 unspecified atom stereocenters. The second-order valence-electron chi connectivity index (χ2n) is 7.27. The fourth-order valence-corrected chi connectivity index (χ4v) is 3.24. The molecule has 2 aromatic carbocycles. The van der Waals surface area contributed by atoms with E-state index in [4.69, 9.17) is 23.7 Å². The molecular formula is C21H24O13. The third kappa shape index (κ3) is 4.97. The second-order valence-corrected chi connectivity index (χ2v) is 7.27. The fraction of sp³-hybridized carbons (Fsp3) is 0.381. The highest BCUT2D eigenvalue weighted by atomic mass is 16.7. The molecule has 0 amide bonds. The molecule has 1 aliphatic rings. The van der Waals surface area contributed by atoms with Crippen molar-refractivity contribution in [1.82, 2.24) is 0 Å². The van der Waals surface area contributed by atoms with E-state index in [1.54, 1.807) is 0 Å². The zero-order valence-electron chi connectivity index (χ0n) is 18.0. The number of rotatable bonds is 7. The Bertz CT molecular complexity index is 1020. The molecule has 5 atom stereocenters. The molecule has 1 heterocycles. The summed E-state index contributed by atoms with van der Waals surface area (Å²) < 4.78 is 26.1. The smallest absolute Gasteiger partial charge is 0.338 e. The number of hydrogen-bond acceptors (Lipinski definition) is 13. The van der Waals surface area contributed by atoms with E-state index in [-0.39, 0.29) is 28.6 Å². The lowest BCUT2D eigenvalue weighted by molar-refractivity contribution is -0.277. The molecule has 13 heteroatoms. The Labute approximate surface area is 192 Å². The molecule has 1 aliphatic heterocycles. The predicted octanol–water partition coefficient (Wildman–Crippen LogP) is -0.430. The largest absolute Gasteiger partial charge is 0.504 e. The monoisotopic (exact) mass is 484 g/mol. The minimum absolute atomic E-state index is 0.0337. The van der Waals surface area contributed by atoms with Crippen LogP contribution in [-0.4, -0.2) is 93.2 Å². The summed E-state index contributed by atoms with van der Waals surface area (Å²) >= 11 is 0. The number of hydrogen-bond donors (Lipinski definition) is 7. The van der Waals surface area contributed by atoms with E-state index < -0.39 is 60.5 Å². The maximum absolute atomic E-state index is 12.2. The van der Waals surface area contributed by atoms with Crippen molar-refractivity contribution in [3.05, 3.63) is 29.8 Å². The molecule has 3 rings (SSSR count). The van der Waals surface area contributed by atoms with E-state index in [1.807, 2.05) is 0 Å². The van der Waals surface area contributed by atoms with E-state index in [0.717, 1.165) is 18.2 Å². The first-order chi connectivity index (χ1) is 16.1. The SMILES string of the molecule is COc1cc(O[C@@H]2O[C@H](COC(=O)c3cc(O)c(O)c(O)c3)[C@@H](O)[C@H](O)[C@H]2O)cc(O)c1OC. The Morgan fingerprint density at radius 3 is 2.12 bits per heavy atom. The van der Waals surface area contributed by atoms with E-state index in [2.05, 4.69) is 0 Å². The van der Waals surface area contributed by atoms with E-state index in [0.29, 0.717) is 0 Å². The van der Waals surface area contributed by atoms with Crippen LogP contribution >= 0.6 is 0 Å². The van der Waals surface area contributed by atoms with Crippen LogP contribution in [0.4, 0.5) is 0 Å². The Kier molecular flexibility index (Phi) is 7.41. The van der Waals surface area contributed by atoms with Crippen molar-refractivity contribution in [1.29, 1.82) is 0 Å². The molecular weight excluding hydrogens is 460 g/mol. The number of ether oxygens (including phenoxy) is 5. The molecule has 1 fully saturated rings. The highest BCUT2D eigenvalue weighted by Gasteiger charge is 2.45. The van der Waals surface area contributed by atoms with Crippen molar-refractivity contribution < 1.29 is 64.2 Å². The quantitative estimate of drug-likeness (QED) is 0.197. The van der Waals surface area contributed by atoms with Crippen LogP contribution < -0.4 is 14.2 Å². The molecule has 0 aromatic heterocycles. The number of aliphatic hydroxyl groups excluding tert-OH is 3. The van der Waals surface area contributed by atoms with E-state index >= 15 is 0 Å². The Morgan fingerprint density at radius 2 is 1.53 bits per heavy atom. The molecule has 13 nitrogen and oxygen atoms in total. The minimum Gasteiger partial charge on any atom is -0.504 e. The Morgan fingerprint density at radius 1 is 0.882 bits per heavy atom. The Balaban J connectivity index is 1.73. The summed E-state index contributed by atoms with van der Waals surface area (Å²) in [6.07, 6.45) is -8.06. The van der Waals surface area contributed by atoms with Crippen LogP contribution in [0, 0.1) is 0 Å². The maximum Gasteiger partial charge on any atom is 0.338 e. The molecule has 0 aliphatic carbocycles. The van der Waals surface area contributed by atoms with Crippen LogP contribution in [-0.2, 0) is 9.47 Å². The summed E-state index contributed by atoms with van der Waals surface area (Å²) in [5, 5.41) is 69.2. The normalized spacial score (nSPS) is 24.3. The highest BCUT2D eigenvalue weighted by molar-refractivity contribution is 5.91. The van der Waals surface area contributed by atoms with Gasteiger partial charge < -0.3 is 59.4 Å². The topological polar surface area (TPSA) is 205 Å². The Hall–Kier alpha value is -3.65. The fourth-order valence-electron chi connectivity index (χ4n) is 3.24. The van der Waals surface area contributed by atoms with Crippen LogP contribution in [0.5, 0.6) is 40.2 Å². The van der Waals surface area contributed by atoms with E-state index in [9.17, 15) is 40.5 Å². The van der Waals surface area contributed by atoms with Crippen molar-refractivity contribution in [3.8, 4) is 40.2 Å². The van der Waals surface area contributed by atoms with Crippen molar-refractivity contribution in [2.24, 2.45) is 0 Å². The molecule has 2 aromatic rings. The van der Waals surface area contributed by atoms with Gasteiger partial charge in [-0.2, -0.15) is 0 Å². The zero-order chi connectivity index (χ0) is 25.2. The third-order valence-electron chi connectivity index (χ3n) is 5.04. The molecule has 34 heavy (non-hydrogen) atoms. The predicted molar refractivity (Wildman–Crippen MR) is 110 cm³/mol. The number of phenolic OH excluding ortho intramolecular Hbond substituents is 4. The van der Waals surface area contributed by atoms with Crippen molar-refractivity contribution in [2.75, 3.05) is 20.8 Å². The number of benzene rings is 2. The molecule has 0 radical (unpaired) electrons. The summed E-state index contributed by atoms with van der Waals surface area (Å²) in [6, 6.07) is 4.17. The summed E-state index contributed by atoms with van der Waals surface area (Å²) in [7, 11) is 2.64. The lowest BCUT2D eigenvalue weighted by atomic mass is 9.99. The van der Waals surface area contributed by atoms with Gasteiger partial charge in [0.15, 0.2) is 28.7 Å². The van der Waals surface area contributed by atoms with Gasteiger partial charge in [0, 0.05) is 12.1 Å². The minimum atomic E-state index is -1.75. The van der Waals surface area contributed by atoms with Gasteiger partial charge >= 0.3 is 5.97 Å². The number of aromatic hydroxyl groups is 4. The van der Waals surface area contributed by atoms with Crippen molar-refractivity contribution in [3.63, 3.8) is 0 Å². The number of carbonyl (C=O) groups excluding carboxylic acids is 1. The van der Waals surface area contributed by atoms with Gasteiger partial charge in [0.1, 0.15) is 36.8 Å². The molecule has 0 saturated carbocycles. The summed E-state index contributed by atoms with van der Waals surface area (Å²) in [5.41, 5.74) is -0.313. The van der Waals surface area contributed by atoms with Gasteiger partial charge in [-0.3, -0.25) is 0 Å². The first-order valence-corrected chi connectivity index (χ1v) is 9.80. The lowest BCUT2D eigenvalue weighted by Gasteiger charge is -2.39. The summed E-state index contributed by atoms with van der Waals surface area (Å²) in [4.78, 5) is 12.2. The van der Waals surface area contributed by atoms with Gasteiger partial charge in [0.25, 0.3) is 0 Å². The van der Waals surface area contributed by atoms with Crippen molar-refractivity contribution >= 4 is 5.97 Å². The van der Waals surface area contributed by atoms with E-state index in [1.165, 1.54) is 20.3 Å². The van der Waals surface area contributed by atoms with Crippen LogP contribution in [0.3, 0.4) is 0 Å². The summed E-state index contributed by atoms with van der Waals surface area (Å²) in [5.74, 6) is -3.62. The third-order valence-corrected chi connectivity index (χ3v) is 5.04. The molecule has 0 spiro atoms. The molecule has 186 valence electrons. The van der Waals surface area contributed by atoms with Gasteiger partial charge in [-0.05, 0) is 12.1 Å². The van der Waals surface area contributed by atoms with Gasteiger partial charge in [-0.15, -0.1) is 0 Å². The lowest BCUT2D eigenvalue weighted by Crippen LogP contribution is -2.60. The highest BCUT2D eigenvalue weighted by Crippen LogP contribution is 2.41. The number of esters is 1. The second kappa shape index (κ2) is 10.1. The standard InChI is InChI=1S/C21H24O13/c1-30-13-6-9(5-12(24)19(13)31-2)33-21-18(28)17(27)16(26)14(34-21)7-32-20(29)8-3-10(22)15(25)11(23)4-8/h3-6,14,16-18,21-28H,7H2,1-2H3/t14-,16-,17+,18-,21-/m1/s1. The number of phenols is 4. The first-order valence-electron chi connectivity index (χ1n) is 9.80. The molecule has 0 bridgehead atoms. The van der Waals surface area contributed by atoms with Gasteiger partial charge in [-0.1, -0.05) is 0 Å². The average molecular weight is 484 g/mol. The maximum atomic E-state index is 12.2. The van der Waals surface area contributed by atoms with Crippen LogP contribution in [0.15, 0.2) is 24.3 Å². The average Bonchev–Trinajstić information content (AvgIpc) is 2.81.